The van der Waals surface area contributed by atoms with Crippen LogP contribution in [0.1, 0.15) is 33.6 Å². The normalized spacial score (nSPS) is 22.8. The van der Waals surface area contributed by atoms with Gasteiger partial charge < -0.3 is 4.74 Å². The van der Waals surface area contributed by atoms with Crippen LogP contribution in [0.4, 0.5) is 8.78 Å². The number of hydrogen-bond donors (Lipinski definition) is 0. The van der Waals surface area contributed by atoms with E-state index in [2.05, 4.69) is 34.9 Å². The minimum absolute atomic E-state index is 0.0385. The van der Waals surface area contributed by atoms with Crippen molar-refractivity contribution in [2.45, 2.75) is 45.9 Å². The first kappa shape index (κ1) is 18.8. The van der Waals surface area contributed by atoms with Gasteiger partial charge in [0.2, 0.25) is 0 Å². The van der Waals surface area contributed by atoms with Crippen LogP contribution >= 0.6 is 11.6 Å². The molecule has 22 heavy (non-hydrogen) atoms. The molecule has 0 bridgehead atoms. The Kier molecular flexibility index (Phi) is 7.23. The Bertz CT molecular complexity index is 487. The quantitative estimate of drug-likeness (QED) is 0.611. The number of hydrogen-bond acceptors (Lipinski definition) is 3. The van der Waals surface area contributed by atoms with Crippen LogP contribution in [0.15, 0.2) is 40.1 Å². The van der Waals surface area contributed by atoms with Gasteiger partial charge in [-0.2, -0.15) is 0 Å². The van der Waals surface area contributed by atoms with Crippen LogP contribution in [0.2, 0.25) is 0 Å². The lowest BCUT2D eigenvalue weighted by Gasteiger charge is -2.18. The fraction of sp³-hybridized carbons (Fsp3) is 0.562. The van der Waals surface area contributed by atoms with Crippen LogP contribution in [0.25, 0.3) is 0 Å². The Hall–Kier alpha value is -1.20. The van der Waals surface area contributed by atoms with E-state index in [4.69, 9.17) is 11.6 Å². The highest BCUT2D eigenvalue weighted by Gasteiger charge is 2.41. The number of alkyl halides is 2. The largest absolute Gasteiger partial charge is 0.535 e. The van der Waals surface area contributed by atoms with Gasteiger partial charge in [0.15, 0.2) is 0 Å². The van der Waals surface area contributed by atoms with Crippen LogP contribution in [-0.2, 0) is 9.47 Å². The zero-order valence-corrected chi connectivity index (χ0v) is 13.9. The molecular formula is C16H22ClF2NO2. The van der Waals surface area contributed by atoms with Crippen molar-refractivity contribution in [3.05, 3.63) is 35.1 Å². The minimum atomic E-state index is -3.57. The fourth-order valence-electron chi connectivity index (χ4n) is 1.87. The molecule has 2 unspecified atom stereocenters. The monoisotopic (exact) mass is 333 g/mol. The van der Waals surface area contributed by atoms with Crippen molar-refractivity contribution in [3.63, 3.8) is 0 Å². The van der Waals surface area contributed by atoms with Gasteiger partial charge in [-0.05, 0) is 36.5 Å². The fourth-order valence-corrected chi connectivity index (χ4v) is 2.08. The second-order valence-corrected chi connectivity index (χ2v) is 5.68. The maximum atomic E-state index is 12.9. The molecule has 2 atom stereocenters. The summed E-state index contributed by atoms with van der Waals surface area (Å²) < 4.78 is 34.4. The predicted molar refractivity (Wildman–Crippen MR) is 85.2 cm³/mol. The van der Waals surface area contributed by atoms with Crippen LogP contribution in [0.5, 0.6) is 0 Å². The smallest absolute Gasteiger partial charge is 0.411 e. The Morgan fingerprint density at radius 3 is 2.68 bits per heavy atom. The predicted octanol–water partition coefficient (Wildman–Crippen LogP) is 5.04. The van der Waals surface area contributed by atoms with E-state index in [9.17, 15) is 8.78 Å². The van der Waals surface area contributed by atoms with E-state index in [1.807, 2.05) is 6.92 Å². The third-order valence-electron chi connectivity index (χ3n) is 3.27. The van der Waals surface area contributed by atoms with E-state index < -0.39 is 6.29 Å². The maximum absolute atomic E-state index is 12.9. The molecule has 0 amide bonds. The topological polar surface area (TPSA) is 30.8 Å². The van der Waals surface area contributed by atoms with E-state index in [1.165, 1.54) is 11.6 Å². The molecule has 1 saturated heterocycles. The number of ether oxygens (including phenoxy) is 2. The molecule has 1 heterocycles. The van der Waals surface area contributed by atoms with Crippen molar-refractivity contribution in [3.8, 4) is 0 Å². The minimum Gasteiger partial charge on any atom is -0.411 e. The van der Waals surface area contributed by atoms with Crippen molar-refractivity contribution < 1.29 is 18.3 Å². The molecule has 0 aliphatic carbocycles. The molecule has 0 radical (unpaired) electrons. The molecular weight excluding hydrogens is 312 g/mol. The molecule has 1 aliphatic rings. The number of allylic oxidation sites excluding steroid dienone is 1. The van der Waals surface area contributed by atoms with Crippen LogP contribution in [0.3, 0.4) is 0 Å². The maximum Gasteiger partial charge on any atom is 0.535 e. The van der Waals surface area contributed by atoms with Crippen molar-refractivity contribution in [2.75, 3.05) is 6.61 Å². The summed E-state index contributed by atoms with van der Waals surface area (Å²) in [7, 11) is 0. The molecule has 0 spiro atoms. The number of halogens is 3. The molecule has 0 saturated carbocycles. The van der Waals surface area contributed by atoms with Gasteiger partial charge in [-0.15, -0.1) is 8.78 Å². The summed E-state index contributed by atoms with van der Waals surface area (Å²) >= 11 is 5.87. The summed E-state index contributed by atoms with van der Waals surface area (Å²) in [5.41, 5.74) is 2.76. The van der Waals surface area contributed by atoms with Crippen molar-refractivity contribution in [1.82, 2.24) is 0 Å². The number of rotatable bonds is 7. The average Bonchev–Trinajstić information content (AvgIpc) is 2.79. The first-order chi connectivity index (χ1) is 10.3. The van der Waals surface area contributed by atoms with Gasteiger partial charge in [0.25, 0.3) is 0 Å². The summed E-state index contributed by atoms with van der Waals surface area (Å²) in [5, 5.41) is 0. The Labute approximate surface area is 135 Å². The van der Waals surface area contributed by atoms with E-state index in [-0.39, 0.29) is 18.4 Å². The summed E-state index contributed by atoms with van der Waals surface area (Å²) in [6, 6.07) is -0.241. The van der Waals surface area contributed by atoms with Gasteiger partial charge in [-0.25, -0.2) is 0 Å². The van der Waals surface area contributed by atoms with Crippen LogP contribution in [-0.4, -0.2) is 25.2 Å². The highest BCUT2D eigenvalue weighted by Crippen LogP contribution is 2.31. The molecule has 0 N–H and O–H groups in total. The summed E-state index contributed by atoms with van der Waals surface area (Å²) in [4.78, 5) is 4.46. The number of aliphatic imine (C=N–C) groups is 1. The molecule has 6 heteroatoms. The van der Waals surface area contributed by atoms with Gasteiger partial charge in [0.1, 0.15) is 12.4 Å². The zero-order chi connectivity index (χ0) is 16.8. The van der Waals surface area contributed by atoms with Gasteiger partial charge in [-0.1, -0.05) is 38.4 Å². The molecule has 1 fully saturated rings. The third kappa shape index (κ3) is 6.28. The molecule has 0 aromatic carbocycles. The van der Waals surface area contributed by atoms with Crippen LogP contribution < -0.4 is 0 Å². The van der Waals surface area contributed by atoms with E-state index in [0.29, 0.717) is 11.5 Å². The third-order valence-corrected chi connectivity index (χ3v) is 3.52. The van der Waals surface area contributed by atoms with E-state index >= 15 is 0 Å². The van der Waals surface area contributed by atoms with Crippen molar-refractivity contribution >= 4 is 17.8 Å². The Morgan fingerprint density at radius 1 is 1.55 bits per heavy atom. The Balaban J connectivity index is 2.94. The lowest BCUT2D eigenvalue weighted by Crippen LogP contribution is -2.15. The highest BCUT2D eigenvalue weighted by atomic mass is 35.5. The molecule has 3 nitrogen and oxygen atoms in total. The van der Waals surface area contributed by atoms with Gasteiger partial charge in [-0.3, -0.25) is 9.73 Å². The van der Waals surface area contributed by atoms with E-state index in [1.54, 1.807) is 6.21 Å². The molecule has 1 aliphatic heterocycles. The van der Waals surface area contributed by atoms with E-state index in [0.717, 1.165) is 18.4 Å². The Morgan fingerprint density at radius 2 is 2.23 bits per heavy atom. The molecule has 0 aromatic rings. The zero-order valence-electron chi connectivity index (χ0n) is 13.1. The molecule has 1 rings (SSSR count). The summed E-state index contributed by atoms with van der Waals surface area (Å²) in [6.45, 7) is 9.50. The first-order valence-electron chi connectivity index (χ1n) is 7.17. The number of nitrogens with zero attached hydrogens (tertiary/aromatic N) is 1. The van der Waals surface area contributed by atoms with Crippen molar-refractivity contribution in [1.29, 1.82) is 0 Å². The SMILES string of the molecule is C=C(C)C=NC(CC(C)CC)C(C=C1COC(F)(F)O1)=CCl. The average molecular weight is 334 g/mol. The van der Waals surface area contributed by atoms with Crippen LogP contribution in [0, 0.1) is 5.92 Å². The lowest BCUT2D eigenvalue weighted by molar-refractivity contribution is -0.334. The molecule has 124 valence electrons. The second kappa shape index (κ2) is 8.44. The lowest BCUT2D eigenvalue weighted by atomic mass is 9.95. The summed E-state index contributed by atoms with van der Waals surface area (Å²) in [6.07, 6.45) is 1.29. The van der Waals surface area contributed by atoms with Crippen molar-refractivity contribution in [2.24, 2.45) is 10.9 Å². The highest BCUT2D eigenvalue weighted by molar-refractivity contribution is 6.26. The van der Waals surface area contributed by atoms with Gasteiger partial charge in [0.05, 0.1) is 6.04 Å². The summed E-state index contributed by atoms with van der Waals surface area (Å²) in [5.74, 6) is 0.455. The molecule has 0 aromatic heterocycles. The standard InChI is InChI=1S/C16H22ClF2NO2/c1-5-12(4)6-15(20-9-11(2)3)13(8-17)7-14-10-21-16(18,19)22-14/h7-9,12,15H,2,5-6,10H2,1,3-4H3. The van der Waals surface area contributed by atoms with Gasteiger partial charge >= 0.3 is 6.29 Å². The second-order valence-electron chi connectivity index (χ2n) is 5.46. The van der Waals surface area contributed by atoms with Gasteiger partial charge in [0, 0.05) is 11.7 Å². The first-order valence-corrected chi connectivity index (χ1v) is 7.61.